The predicted molar refractivity (Wildman–Crippen MR) is 110 cm³/mol. The molecule has 0 saturated heterocycles. The number of allylic oxidation sites excluding steroid dienone is 2. The number of aryl methyl sites for hydroxylation is 1. The van der Waals surface area contributed by atoms with Gasteiger partial charge in [-0.05, 0) is 24.5 Å². The van der Waals surface area contributed by atoms with Gasteiger partial charge in [0, 0.05) is 12.0 Å². The molecule has 1 aliphatic rings. The van der Waals surface area contributed by atoms with E-state index in [-0.39, 0.29) is 19.8 Å². The van der Waals surface area contributed by atoms with Gasteiger partial charge < -0.3 is 0 Å². The van der Waals surface area contributed by atoms with Crippen molar-refractivity contribution in [1.29, 1.82) is 0 Å². The summed E-state index contributed by atoms with van der Waals surface area (Å²) in [6, 6.07) is 2.19. The number of aromatic nitrogens is 2. The first-order valence-electron chi connectivity index (χ1n) is 7.90. The van der Waals surface area contributed by atoms with E-state index in [9.17, 15) is 0 Å². The number of hydrogen-bond acceptors (Lipinski definition) is 2. The first-order chi connectivity index (χ1) is 9.35. The van der Waals surface area contributed by atoms with Crippen molar-refractivity contribution in [3.05, 3.63) is 29.1 Å². The molecule has 2 atom stereocenters. The lowest BCUT2D eigenvalue weighted by molar-refractivity contribution is 0.879. The Bertz CT molecular complexity index is 364. The summed E-state index contributed by atoms with van der Waals surface area (Å²) in [6.07, 6.45) is 5.30. The number of nitrogens with zero attached hydrogens (tertiary/aromatic N) is 2. The van der Waals surface area contributed by atoms with Crippen molar-refractivity contribution in [2.24, 2.45) is 0 Å². The first-order valence-corrected chi connectivity index (χ1v) is 7.90. The van der Waals surface area contributed by atoms with Crippen LogP contribution in [0.5, 0.6) is 0 Å². The second kappa shape index (κ2) is 19.7. The molecule has 0 N–H and O–H groups in total. The zero-order valence-corrected chi connectivity index (χ0v) is 18.4. The Balaban J connectivity index is -0.000000162. The number of rotatable bonds is 2. The van der Waals surface area contributed by atoms with Gasteiger partial charge in [0.15, 0.2) is 0 Å². The average Bonchev–Trinajstić information content (AvgIpc) is 2.95. The third-order valence-corrected chi connectivity index (χ3v) is 2.55. The molecule has 126 valence electrons. The minimum absolute atomic E-state index is 0. The quantitative estimate of drug-likeness (QED) is 0.660. The smallest absolute Gasteiger partial charge is 0.0743 e. The van der Waals surface area contributed by atoms with Crippen LogP contribution < -0.4 is 0 Å². The average molecular weight is 332 g/mol. The number of fused-ring (bicyclic) bond motifs is 1. The van der Waals surface area contributed by atoms with Crippen LogP contribution in [0.4, 0.5) is 0 Å². The highest BCUT2D eigenvalue weighted by molar-refractivity contribution is 6.92. The van der Waals surface area contributed by atoms with E-state index >= 15 is 0 Å². The highest BCUT2D eigenvalue weighted by Crippen LogP contribution is 2.27. The zero-order valence-electron chi connectivity index (χ0n) is 15.6. The Morgan fingerprint density at radius 3 is 1.81 bits per heavy atom. The maximum atomic E-state index is 4.23. The van der Waals surface area contributed by atoms with Crippen LogP contribution >= 0.6 is 19.8 Å². The molecule has 0 aromatic carbocycles. The zero-order chi connectivity index (χ0) is 15.3. The molecule has 21 heavy (non-hydrogen) atoms. The van der Waals surface area contributed by atoms with Crippen molar-refractivity contribution in [2.45, 2.75) is 74.7 Å². The summed E-state index contributed by atoms with van der Waals surface area (Å²) < 4.78 is 0. The fraction of sp³-hybridized carbons (Fsp3) is 0.647. The van der Waals surface area contributed by atoms with Crippen LogP contribution in [-0.2, 0) is 12.8 Å². The molecule has 2 unspecified atom stereocenters. The Kier molecular flexibility index (Phi) is 27.0. The maximum Gasteiger partial charge on any atom is 0.0743 e. The van der Waals surface area contributed by atoms with Gasteiger partial charge in [-0.15, -0.1) is 0 Å². The largest absolute Gasteiger partial charge is 0.155 e. The topological polar surface area (TPSA) is 25.8 Å². The summed E-state index contributed by atoms with van der Waals surface area (Å²) in [4.78, 5) is 0. The highest BCUT2D eigenvalue weighted by Gasteiger charge is 2.14. The predicted octanol–water partition coefficient (Wildman–Crippen LogP) is 5.58. The summed E-state index contributed by atoms with van der Waals surface area (Å²) in [5, 5.41) is 8.38. The van der Waals surface area contributed by atoms with E-state index in [0.717, 1.165) is 30.7 Å². The molecular weight excluding hydrogens is 294 g/mol. The molecule has 0 bridgehead atoms. The Morgan fingerprint density at radius 1 is 0.857 bits per heavy atom. The van der Waals surface area contributed by atoms with Gasteiger partial charge in [-0.25, -0.2) is 0 Å². The molecule has 2 rings (SSSR count). The maximum absolute atomic E-state index is 4.23. The van der Waals surface area contributed by atoms with Crippen LogP contribution in [0.25, 0.3) is 5.57 Å². The molecule has 4 heteroatoms. The first kappa shape index (κ1) is 28.8. The van der Waals surface area contributed by atoms with E-state index in [1.54, 1.807) is 0 Å². The molecule has 0 fully saturated rings. The van der Waals surface area contributed by atoms with Crippen LogP contribution in [-0.4, -0.2) is 10.2 Å². The Labute approximate surface area is 139 Å². The molecule has 1 aromatic rings. The number of hydrogen-bond donors (Lipinski definition) is 0. The Hall–Kier alpha value is -0.320. The molecule has 2 nitrogen and oxygen atoms in total. The van der Waals surface area contributed by atoms with E-state index in [0.29, 0.717) is 0 Å². The summed E-state index contributed by atoms with van der Waals surface area (Å²) >= 11 is 0. The second-order valence-corrected chi connectivity index (χ2v) is 3.34. The molecule has 0 radical (unpaired) electrons. The molecule has 0 amide bonds. The van der Waals surface area contributed by atoms with Crippen molar-refractivity contribution in [3.63, 3.8) is 0 Å². The summed E-state index contributed by atoms with van der Waals surface area (Å²) in [5.74, 6) is 0. The molecular formula is C17H38N2P2. The lowest BCUT2D eigenvalue weighted by Gasteiger charge is -2.03. The van der Waals surface area contributed by atoms with Crippen molar-refractivity contribution in [2.75, 3.05) is 0 Å². The van der Waals surface area contributed by atoms with Crippen molar-refractivity contribution in [1.82, 2.24) is 10.2 Å². The van der Waals surface area contributed by atoms with Gasteiger partial charge >= 0.3 is 0 Å². The van der Waals surface area contributed by atoms with Crippen LogP contribution in [0.3, 0.4) is 0 Å². The lowest BCUT2D eigenvalue weighted by Crippen LogP contribution is -1.97. The van der Waals surface area contributed by atoms with Crippen molar-refractivity contribution >= 4 is 25.4 Å². The molecule has 0 saturated carbocycles. The monoisotopic (exact) mass is 332 g/mol. The minimum Gasteiger partial charge on any atom is -0.155 e. The van der Waals surface area contributed by atoms with Gasteiger partial charge in [0.05, 0.1) is 11.4 Å². The van der Waals surface area contributed by atoms with Crippen molar-refractivity contribution < 1.29 is 0 Å². The molecule has 0 aliphatic heterocycles. The fourth-order valence-corrected chi connectivity index (χ4v) is 1.72. The highest BCUT2D eigenvalue weighted by atomic mass is 31.0. The standard InChI is InChI=1S/C11H14N2.3C2H6.2H3P/c1-3-8-5-6-11-10(8)7-9(4-2)12-13-11;3*1-2;;/h5,7H,3-4,6H2,1-2H3;3*1-2H3;2*1H3. The van der Waals surface area contributed by atoms with Crippen LogP contribution in [0, 0.1) is 0 Å². The Morgan fingerprint density at radius 2 is 1.38 bits per heavy atom. The lowest BCUT2D eigenvalue weighted by atomic mass is 10.1. The van der Waals surface area contributed by atoms with Gasteiger partial charge in [0.25, 0.3) is 0 Å². The van der Waals surface area contributed by atoms with Crippen LogP contribution in [0.15, 0.2) is 12.1 Å². The molecule has 1 aliphatic carbocycles. The minimum atomic E-state index is 0. The SMILES string of the molecule is CC.CC.CC.CCC1=CCc2nnc(CC)cc21.P.P. The van der Waals surface area contributed by atoms with Gasteiger partial charge in [0.2, 0.25) is 0 Å². The summed E-state index contributed by atoms with van der Waals surface area (Å²) in [6.45, 7) is 16.3. The normalized spacial score (nSPS) is 9.62. The van der Waals surface area contributed by atoms with E-state index in [1.165, 1.54) is 11.1 Å². The fourth-order valence-electron chi connectivity index (χ4n) is 1.72. The molecule has 0 spiro atoms. The summed E-state index contributed by atoms with van der Waals surface area (Å²) in [5.41, 5.74) is 5.00. The van der Waals surface area contributed by atoms with Gasteiger partial charge in [-0.3, -0.25) is 0 Å². The van der Waals surface area contributed by atoms with Crippen LogP contribution in [0.2, 0.25) is 0 Å². The molecule has 1 heterocycles. The van der Waals surface area contributed by atoms with Gasteiger partial charge in [-0.1, -0.05) is 61.5 Å². The summed E-state index contributed by atoms with van der Waals surface area (Å²) in [7, 11) is 0. The molecule has 1 aromatic heterocycles. The van der Waals surface area contributed by atoms with Crippen LogP contribution in [0.1, 0.15) is 78.8 Å². The van der Waals surface area contributed by atoms with E-state index in [4.69, 9.17) is 0 Å². The second-order valence-electron chi connectivity index (χ2n) is 3.34. The van der Waals surface area contributed by atoms with E-state index < -0.39 is 0 Å². The van der Waals surface area contributed by atoms with E-state index in [2.05, 4.69) is 36.2 Å². The van der Waals surface area contributed by atoms with E-state index in [1.807, 2.05) is 41.5 Å². The third kappa shape index (κ3) is 9.33. The van der Waals surface area contributed by atoms with Gasteiger partial charge in [-0.2, -0.15) is 30.0 Å². The third-order valence-electron chi connectivity index (χ3n) is 2.55. The van der Waals surface area contributed by atoms with Crippen molar-refractivity contribution in [3.8, 4) is 0 Å². The van der Waals surface area contributed by atoms with Gasteiger partial charge in [0.1, 0.15) is 0 Å².